The molecule has 0 saturated carbocycles. The Kier molecular flexibility index (Phi) is 11.2. The van der Waals surface area contributed by atoms with E-state index in [0.29, 0.717) is 0 Å². The van der Waals surface area contributed by atoms with E-state index in [0.717, 1.165) is 0 Å². The summed E-state index contributed by atoms with van der Waals surface area (Å²) in [7, 11) is 0. The lowest BCUT2D eigenvalue weighted by atomic mass is 9.36. The van der Waals surface area contributed by atoms with E-state index in [1.165, 1.54) is 141 Å². The molecule has 7 aromatic rings. The molecule has 0 bridgehead atoms. The van der Waals surface area contributed by atoms with Crippen molar-refractivity contribution in [3.8, 4) is 11.1 Å². The highest BCUT2D eigenvalue weighted by Crippen LogP contribution is 2.55. The fourth-order valence-electron chi connectivity index (χ4n) is 13.3. The number of rotatable bonds is 3. The maximum atomic E-state index is 2.74. The second-order valence-electron chi connectivity index (χ2n) is 30.1. The van der Waals surface area contributed by atoms with Crippen molar-refractivity contribution in [2.45, 2.75) is 207 Å². The zero-order chi connectivity index (χ0) is 53.4. The van der Waals surface area contributed by atoms with Gasteiger partial charge in [-0.2, -0.15) is 0 Å². The molecule has 6 aromatic carbocycles. The van der Waals surface area contributed by atoms with Crippen LogP contribution in [0.1, 0.15) is 209 Å². The first kappa shape index (κ1) is 51.1. The van der Waals surface area contributed by atoms with Gasteiger partial charge in [0, 0.05) is 43.2 Å². The minimum atomic E-state index is -0.139. The summed E-state index contributed by atoms with van der Waals surface area (Å²) in [5.41, 5.74) is 24.7. The number of hydrogen-bond donors (Lipinski definition) is 0. The third-order valence-corrected chi connectivity index (χ3v) is 19.8. The molecular weight excluding hydrogens is 912 g/mol. The van der Waals surface area contributed by atoms with E-state index in [9.17, 15) is 0 Å². The molecule has 0 unspecified atom stereocenters. The van der Waals surface area contributed by atoms with Crippen molar-refractivity contribution >= 4 is 78.0 Å². The second-order valence-corrected chi connectivity index (χ2v) is 31.2. The van der Waals surface area contributed by atoms with Crippen molar-refractivity contribution in [3.05, 3.63) is 148 Å². The minimum Gasteiger partial charge on any atom is -0.311 e. The van der Waals surface area contributed by atoms with Gasteiger partial charge in [0.05, 0.1) is 11.4 Å². The van der Waals surface area contributed by atoms with E-state index in [1.54, 1.807) is 0 Å². The molecule has 0 fully saturated rings. The topological polar surface area (TPSA) is 6.48 Å². The zero-order valence-electron chi connectivity index (χ0n) is 49.0. The van der Waals surface area contributed by atoms with Crippen LogP contribution in [0.15, 0.2) is 103 Å². The molecule has 0 atom stereocenters. The lowest BCUT2D eigenvalue weighted by molar-refractivity contribution is 0.332. The summed E-state index contributed by atoms with van der Waals surface area (Å²) in [6, 6.07) is 42.8. The number of fused-ring (bicyclic) bond motifs is 8. The first-order valence-corrected chi connectivity index (χ1v) is 28.9. The molecule has 0 spiro atoms. The molecule has 2 aliphatic heterocycles. The molecule has 0 radical (unpaired) electrons. The number of thiophene rings is 1. The standard InChI is InChI=1S/C70H85BN2S/c1-63(2,3)43-23-29-55(48(36-43)42-21-26-50-52(35-42)69(17,18)33-31-67(50,13)14)73-56-38-45(65(7,8)9)22-28-54(56)71-60-57(39-46(40-58(60)73)66(10,11)12)72(47-25-27-51-53(41-47)70(19,20)34-32-68(51,15)16)61-49-37-44(64(4,5)6)24-30-59(49)74-62(61)71/h21-30,35-41H,31-34H2,1-20H3. The van der Waals surface area contributed by atoms with Crippen LogP contribution in [0, 0.1) is 0 Å². The lowest BCUT2D eigenvalue weighted by Crippen LogP contribution is -2.60. The van der Waals surface area contributed by atoms with Crippen LogP contribution in [-0.2, 0) is 43.3 Å². The lowest BCUT2D eigenvalue weighted by Gasteiger charge is -2.46. The third kappa shape index (κ3) is 8.07. The number of benzene rings is 6. The molecule has 0 N–H and O–H groups in total. The molecule has 4 heteroatoms. The van der Waals surface area contributed by atoms with Crippen LogP contribution in [0.2, 0.25) is 0 Å². The first-order valence-electron chi connectivity index (χ1n) is 28.1. The predicted octanol–water partition coefficient (Wildman–Crippen LogP) is 18.5. The summed E-state index contributed by atoms with van der Waals surface area (Å²) in [6.07, 6.45) is 4.75. The van der Waals surface area contributed by atoms with Crippen molar-refractivity contribution in [3.63, 3.8) is 0 Å². The summed E-state index contributed by atoms with van der Waals surface area (Å²) in [5.74, 6) is 0. The van der Waals surface area contributed by atoms with Crippen LogP contribution < -0.4 is 25.5 Å². The van der Waals surface area contributed by atoms with E-state index in [4.69, 9.17) is 0 Å². The van der Waals surface area contributed by atoms with Crippen LogP contribution in [0.25, 0.3) is 21.2 Å². The van der Waals surface area contributed by atoms with Crippen molar-refractivity contribution in [2.24, 2.45) is 0 Å². The fraction of sp³-hybridized carbons (Fsp3) is 0.457. The van der Waals surface area contributed by atoms with Crippen LogP contribution >= 0.6 is 11.3 Å². The van der Waals surface area contributed by atoms with E-state index in [1.807, 2.05) is 11.3 Å². The fourth-order valence-corrected chi connectivity index (χ4v) is 14.6. The SMILES string of the molecule is CC(C)(C)c1ccc(N2c3cc(C(C)(C)C)ccc3B3c4sc5ccc(C(C)(C)C)cc5c4N(c4ccc5c(c4)C(C)(C)CCC5(C)C)c4cc(C(C)(C)C)cc2c43)c(-c2ccc3c(c2)C(C)(C)CCC3(C)C)c1. The second kappa shape index (κ2) is 16.2. The van der Waals surface area contributed by atoms with Crippen LogP contribution in [0.4, 0.5) is 34.1 Å². The summed E-state index contributed by atoms with van der Waals surface area (Å²) in [5, 5.41) is 1.36. The maximum absolute atomic E-state index is 2.74. The smallest absolute Gasteiger partial charge is 0.264 e. The Morgan fingerprint density at radius 3 is 1.47 bits per heavy atom. The molecule has 0 saturated heterocycles. The van der Waals surface area contributed by atoms with E-state index in [2.05, 4.69) is 251 Å². The van der Waals surface area contributed by atoms with E-state index >= 15 is 0 Å². The zero-order valence-corrected chi connectivity index (χ0v) is 49.8. The summed E-state index contributed by atoms with van der Waals surface area (Å²) >= 11 is 2.02. The number of anilines is 6. The number of nitrogens with zero attached hydrogens (tertiary/aromatic N) is 2. The quantitative estimate of drug-likeness (QED) is 0.163. The van der Waals surface area contributed by atoms with Crippen molar-refractivity contribution in [2.75, 3.05) is 9.80 Å². The van der Waals surface area contributed by atoms with Gasteiger partial charge in [0.25, 0.3) is 6.71 Å². The highest BCUT2D eigenvalue weighted by atomic mass is 32.1. The first-order chi connectivity index (χ1) is 34.2. The molecule has 1 aromatic heterocycles. The summed E-state index contributed by atoms with van der Waals surface area (Å²) in [6.45, 7) is 48.3. The van der Waals surface area contributed by atoms with Gasteiger partial charge in [-0.05, 0) is 185 Å². The highest BCUT2D eigenvalue weighted by molar-refractivity contribution is 7.33. The normalized spacial score (nSPS) is 18.4. The van der Waals surface area contributed by atoms with Gasteiger partial charge in [-0.3, -0.25) is 0 Å². The Balaban J connectivity index is 1.28. The average molecular weight is 997 g/mol. The molecule has 2 nitrogen and oxygen atoms in total. The van der Waals surface area contributed by atoms with Crippen LogP contribution in [-0.4, -0.2) is 6.71 Å². The summed E-state index contributed by atoms with van der Waals surface area (Å²) in [4.78, 5) is 5.48. The van der Waals surface area contributed by atoms with E-state index in [-0.39, 0.29) is 50.0 Å². The summed E-state index contributed by atoms with van der Waals surface area (Å²) < 4.78 is 2.79. The van der Waals surface area contributed by atoms with Crippen molar-refractivity contribution in [1.82, 2.24) is 0 Å². The third-order valence-electron chi connectivity index (χ3n) is 18.6. The predicted molar refractivity (Wildman–Crippen MR) is 327 cm³/mol. The maximum Gasteiger partial charge on any atom is 0.264 e. The van der Waals surface area contributed by atoms with Gasteiger partial charge in [-0.1, -0.05) is 187 Å². The molecule has 74 heavy (non-hydrogen) atoms. The average Bonchev–Trinajstić information content (AvgIpc) is 3.69. The van der Waals surface area contributed by atoms with Crippen LogP contribution in [0.3, 0.4) is 0 Å². The van der Waals surface area contributed by atoms with Gasteiger partial charge in [0.15, 0.2) is 0 Å². The van der Waals surface area contributed by atoms with Gasteiger partial charge in [-0.15, -0.1) is 11.3 Å². The van der Waals surface area contributed by atoms with Gasteiger partial charge in [0.2, 0.25) is 0 Å². The van der Waals surface area contributed by atoms with E-state index < -0.39 is 0 Å². The molecule has 0 amide bonds. The molecular formula is C70H85BN2S. The van der Waals surface area contributed by atoms with Gasteiger partial charge in [0.1, 0.15) is 0 Å². The monoisotopic (exact) mass is 997 g/mol. The molecule has 384 valence electrons. The largest absolute Gasteiger partial charge is 0.311 e. The highest BCUT2D eigenvalue weighted by Gasteiger charge is 2.48. The Bertz CT molecular complexity index is 3450. The van der Waals surface area contributed by atoms with Gasteiger partial charge < -0.3 is 9.80 Å². The van der Waals surface area contributed by atoms with Crippen molar-refractivity contribution in [1.29, 1.82) is 0 Å². The Morgan fingerprint density at radius 2 is 0.892 bits per heavy atom. The Hall–Kier alpha value is -5.06. The Morgan fingerprint density at radius 1 is 0.419 bits per heavy atom. The van der Waals surface area contributed by atoms with Gasteiger partial charge >= 0.3 is 0 Å². The molecule has 2 aliphatic carbocycles. The molecule has 4 aliphatic rings. The Labute approximate surface area is 451 Å². The van der Waals surface area contributed by atoms with Crippen molar-refractivity contribution < 1.29 is 0 Å². The molecule has 3 heterocycles. The van der Waals surface area contributed by atoms with Crippen LogP contribution in [0.5, 0.6) is 0 Å². The van der Waals surface area contributed by atoms with Gasteiger partial charge in [-0.25, -0.2) is 0 Å². The number of hydrogen-bond acceptors (Lipinski definition) is 3. The minimum absolute atomic E-state index is 0.0000321. The molecule has 11 rings (SSSR count).